The first-order valence-electron chi connectivity index (χ1n) is 8.29. The molecule has 6 nitrogen and oxygen atoms in total. The Balaban J connectivity index is 1.66. The lowest BCUT2D eigenvalue weighted by molar-refractivity contribution is -0.123. The zero-order valence-electron chi connectivity index (χ0n) is 14.0. The first-order valence-corrected chi connectivity index (χ1v) is 8.67. The average Bonchev–Trinajstić information content (AvgIpc) is 2.99. The molecule has 0 spiro atoms. The van der Waals surface area contributed by atoms with E-state index in [1.165, 1.54) is 0 Å². The van der Waals surface area contributed by atoms with Crippen LogP contribution in [0.1, 0.15) is 23.5 Å². The minimum atomic E-state index is -1.99. The van der Waals surface area contributed by atoms with Gasteiger partial charge < -0.3 is 24.8 Å². The maximum absolute atomic E-state index is 12.3. The van der Waals surface area contributed by atoms with Gasteiger partial charge in [0.1, 0.15) is 12.0 Å². The third-order valence-corrected chi connectivity index (χ3v) is 4.48. The minimum Gasteiger partial charge on any atom is -0.491 e. The van der Waals surface area contributed by atoms with Gasteiger partial charge in [-0.3, -0.25) is 4.79 Å². The molecule has 26 heavy (non-hydrogen) atoms. The monoisotopic (exact) mass is 375 g/mol. The molecule has 0 unspecified atom stereocenters. The number of ether oxygens (including phenoxy) is 1. The molecule has 0 aromatic heterocycles. The molecule has 0 radical (unpaired) electrons. The smallest absolute Gasteiger partial charge is 0.491 e. The van der Waals surface area contributed by atoms with Crippen molar-refractivity contribution in [3.8, 4) is 5.75 Å². The van der Waals surface area contributed by atoms with Crippen LogP contribution in [-0.4, -0.2) is 36.1 Å². The van der Waals surface area contributed by atoms with Crippen molar-refractivity contribution in [2.24, 2.45) is 0 Å². The van der Waals surface area contributed by atoms with Crippen molar-refractivity contribution in [1.82, 2.24) is 5.32 Å². The van der Waals surface area contributed by atoms with Gasteiger partial charge in [0, 0.05) is 17.9 Å². The second-order valence-corrected chi connectivity index (χ2v) is 6.49. The van der Waals surface area contributed by atoms with Gasteiger partial charge in [-0.15, -0.1) is 0 Å². The molecule has 0 saturated carbocycles. The number of halogens is 1. The lowest BCUT2D eigenvalue weighted by Gasteiger charge is -2.22. The van der Waals surface area contributed by atoms with E-state index in [-0.39, 0.29) is 18.2 Å². The molecule has 2 aromatic rings. The number of hydrogen-bond acceptors (Lipinski definition) is 5. The molecule has 0 bridgehead atoms. The largest absolute Gasteiger partial charge is 0.635 e. The summed E-state index contributed by atoms with van der Waals surface area (Å²) in [5, 5.41) is 21.6. The van der Waals surface area contributed by atoms with E-state index in [1.807, 2.05) is 42.5 Å². The number of rotatable bonds is 7. The number of carbonyl (C=O) groups is 1. The predicted octanol–water partition coefficient (Wildman–Crippen LogP) is 1.88. The Bertz CT molecular complexity index is 759. The van der Waals surface area contributed by atoms with Crippen LogP contribution in [-0.2, 0) is 15.9 Å². The van der Waals surface area contributed by atoms with Crippen LogP contribution in [0, 0.1) is 0 Å². The zero-order chi connectivity index (χ0) is 18.5. The van der Waals surface area contributed by atoms with Gasteiger partial charge in [-0.05, 0) is 11.6 Å². The van der Waals surface area contributed by atoms with Crippen molar-refractivity contribution in [3.63, 3.8) is 0 Å². The van der Waals surface area contributed by atoms with E-state index in [9.17, 15) is 4.79 Å². The highest BCUT2D eigenvalue weighted by molar-refractivity contribution is 6.32. The number of benzene rings is 2. The Labute approximate surface area is 156 Å². The molecule has 1 heterocycles. The van der Waals surface area contributed by atoms with Crippen LogP contribution in [0.4, 0.5) is 0 Å². The summed E-state index contributed by atoms with van der Waals surface area (Å²) in [5.74, 6) is 0.273. The molecule has 2 aromatic carbocycles. The zero-order valence-corrected chi connectivity index (χ0v) is 14.7. The first kappa shape index (κ1) is 18.7. The highest BCUT2D eigenvalue weighted by atomic mass is 35.5. The van der Waals surface area contributed by atoms with Crippen LogP contribution in [0.25, 0.3) is 0 Å². The van der Waals surface area contributed by atoms with Crippen LogP contribution in [0.2, 0.25) is 5.02 Å². The first-order chi connectivity index (χ1) is 12.5. The highest BCUT2D eigenvalue weighted by Gasteiger charge is 2.31. The normalized spacial score (nSPS) is 16.5. The third-order valence-electron chi connectivity index (χ3n) is 4.18. The van der Waals surface area contributed by atoms with Crippen LogP contribution in [0.3, 0.4) is 0 Å². The number of nitrogens with one attached hydrogen (secondary N) is 1. The number of fused-ring (bicyclic) bond motifs is 1. The molecular formula is C18H19BClNO5. The van der Waals surface area contributed by atoms with E-state index < -0.39 is 13.5 Å². The summed E-state index contributed by atoms with van der Waals surface area (Å²) in [5.41, 5.74) is 1.77. The molecule has 1 aliphatic heterocycles. The fourth-order valence-corrected chi connectivity index (χ4v) is 3.27. The van der Waals surface area contributed by atoms with E-state index in [4.69, 9.17) is 31.0 Å². The molecule has 0 aliphatic carbocycles. The summed E-state index contributed by atoms with van der Waals surface area (Å²) >= 11 is 6.12. The van der Waals surface area contributed by atoms with Gasteiger partial charge in [0.25, 0.3) is 0 Å². The van der Waals surface area contributed by atoms with Crippen molar-refractivity contribution in [1.29, 1.82) is 0 Å². The van der Waals surface area contributed by atoms with Gasteiger partial charge in [-0.25, -0.2) is 0 Å². The Morgan fingerprint density at radius 3 is 2.77 bits per heavy atom. The van der Waals surface area contributed by atoms with Gasteiger partial charge in [0.2, 0.25) is 5.91 Å². The molecular weight excluding hydrogens is 356 g/mol. The predicted molar refractivity (Wildman–Crippen MR) is 97.7 cm³/mol. The summed E-state index contributed by atoms with van der Waals surface area (Å²) < 4.78 is 10.7. The van der Waals surface area contributed by atoms with Crippen molar-refractivity contribution >= 4 is 24.8 Å². The lowest BCUT2D eigenvalue weighted by atomic mass is 9.96. The van der Waals surface area contributed by atoms with Crippen LogP contribution in [0.5, 0.6) is 5.75 Å². The fourth-order valence-electron chi connectivity index (χ4n) is 3.03. The van der Waals surface area contributed by atoms with E-state index in [2.05, 4.69) is 5.32 Å². The molecule has 8 heteroatoms. The molecule has 0 saturated heterocycles. The molecule has 3 N–H and O–H groups in total. The summed E-state index contributed by atoms with van der Waals surface area (Å²) in [7, 11) is -1.99. The van der Waals surface area contributed by atoms with Crippen molar-refractivity contribution < 1.29 is 24.2 Å². The van der Waals surface area contributed by atoms with E-state index in [0.717, 1.165) is 11.1 Å². The number of para-hydroxylation sites is 1. The van der Waals surface area contributed by atoms with E-state index >= 15 is 0 Å². The van der Waals surface area contributed by atoms with Crippen LogP contribution >= 0.6 is 11.6 Å². The van der Waals surface area contributed by atoms with Crippen molar-refractivity contribution in [3.05, 3.63) is 64.7 Å². The minimum absolute atomic E-state index is 0.0792. The van der Waals surface area contributed by atoms with Crippen molar-refractivity contribution in [2.75, 3.05) is 6.61 Å². The molecule has 1 amide bonds. The quantitative estimate of drug-likeness (QED) is 0.508. The molecule has 136 valence electrons. The standard InChI is InChI=1S/C18H19BClNO5/c20-15-8-4-7-14-13(11-25-18(14)15)10-17(26-19(23)24)21-16(22)9-12-5-2-1-3-6-12/h1-8,13,17,23-24H,9-11H2,(H,21,22)/t13-,17+/m0/s1. The van der Waals surface area contributed by atoms with Gasteiger partial charge in [0.15, 0.2) is 0 Å². The SMILES string of the molecule is O=C(Cc1ccccc1)N[C@@H](C[C@H]1COc2c(Cl)cccc21)OB(O)O. The number of carbonyl (C=O) groups excluding carboxylic acids is 1. The Morgan fingerprint density at radius 1 is 1.27 bits per heavy atom. The maximum Gasteiger partial charge on any atom is 0.635 e. The van der Waals surface area contributed by atoms with Gasteiger partial charge in [0.05, 0.1) is 18.1 Å². The summed E-state index contributed by atoms with van der Waals surface area (Å²) in [6, 6.07) is 14.7. The van der Waals surface area contributed by atoms with Crippen LogP contribution < -0.4 is 10.1 Å². The maximum atomic E-state index is 12.3. The molecule has 0 fully saturated rings. The second-order valence-electron chi connectivity index (χ2n) is 6.08. The highest BCUT2D eigenvalue weighted by Crippen LogP contribution is 2.41. The summed E-state index contributed by atoms with van der Waals surface area (Å²) in [6.45, 7) is 0.384. The Hall–Kier alpha value is -2.06. The Kier molecular flexibility index (Phi) is 6.16. The third kappa shape index (κ3) is 4.77. The number of amides is 1. The molecule has 2 atom stereocenters. The van der Waals surface area contributed by atoms with E-state index in [0.29, 0.717) is 23.8 Å². The lowest BCUT2D eigenvalue weighted by Crippen LogP contribution is -2.42. The van der Waals surface area contributed by atoms with Gasteiger partial charge in [-0.2, -0.15) is 0 Å². The van der Waals surface area contributed by atoms with Gasteiger partial charge >= 0.3 is 7.32 Å². The van der Waals surface area contributed by atoms with Gasteiger partial charge in [-0.1, -0.05) is 54.1 Å². The second kappa shape index (κ2) is 8.55. The summed E-state index contributed by atoms with van der Waals surface area (Å²) in [6.07, 6.45) is -0.373. The fraction of sp³-hybridized carbons (Fsp3) is 0.278. The molecule has 3 rings (SSSR count). The molecule has 1 aliphatic rings. The Morgan fingerprint density at radius 2 is 2.04 bits per heavy atom. The topological polar surface area (TPSA) is 88.0 Å². The number of hydrogen-bond donors (Lipinski definition) is 3. The summed E-state index contributed by atoms with van der Waals surface area (Å²) in [4.78, 5) is 12.3. The van der Waals surface area contributed by atoms with Crippen molar-refractivity contribution in [2.45, 2.75) is 25.0 Å². The van der Waals surface area contributed by atoms with Crippen LogP contribution in [0.15, 0.2) is 48.5 Å². The average molecular weight is 376 g/mol. The van der Waals surface area contributed by atoms with E-state index in [1.54, 1.807) is 6.07 Å².